The highest BCUT2D eigenvalue weighted by molar-refractivity contribution is 5.72. The van der Waals surface area contributed by atoms with E-state index in [1.807, 2.05) is 11.9 Å². The number of hydrogen-bond donors (Lipinski definition) is 1. The van der Waals surface area contributed by atoms with Crippen molar-refractivity contribution < 1.29 is 9.90 Å². The number of likely N-dealkylation sites (N-methyl/N-ethyl adjacent to an activating group) is 1. The summed E-state index contributed by atoms with van der Waals surface area (Å²) >= 11 is 0. The summed E-state index contributed by atoms with van der Waals surface area (Å²) in [7, 11) is 1.89. The van der Waals surface area contributed by atoms with E-state index in [1.54, 1.807) is 6.92 Å². The van der Waals surface area contributed by atoms with E-state index in [2.05, 4.69) is 6.92 Å². The van der Waals surface area contributed by atoms with E-state index in [-0.39, 0.29) is 6.04 Å². The molecule has 1 N–H and O–H groups in total. The van der Waals surface area contributed by atoms with E-state index >= 15 is 0 Å². The monoisotopic (exact) mass is 171 g/mol. The van der Waals surface area contributed by atoms with Crippen molar-refractivity contribution in [1.82, 2.24) is 4.90 Å². The van der Waals surface area contributed by atoms with Crippen molar-refractivity contribution in [3.8, 4) is 0 Å². The Morgan fingerprint density at radius 1 is 1.50 bits per heavy atom. The van der Waals surface area contributed by atoms with E-state index in [1.165, 1.54) is 12.8 Å². The fraction of sp³-hybridized carbons (Fsp3) is 0.889. The highest BCUT2D eigenvalue weighted by atomic mass is 16.4. The second-order valence-electron chi connectivity index (χ2n) is 3.76. The molecule has 70 valence electrons. The lowest BCUT2D eigenvalue weighted by atomic mass is 10.1. The minimum atomic E-state index is -0.731. The molecule has 2 unspecified atom stereocenters. The molecule has 3 nitrogen and oxygen atoms in total. The van der Waals surface area contributed by atoms with Crippen LogP contribution in [0.25, 0.3) is 0 Å². The van der Waals surface area contributed by atoms with E-state index in [0.29, 0.717) is 6.04 Å². The Balaban J connectivity index is 2.44. The van der Waals surface area contributed by atoms with Crippen LogP contribution in [-0.4, -0.2) is 35.1 Å². The largest absolute Gasteiger partial charge is 0.480 e. The number of aliphatic carboxylic acids is 1. The molecule has 0 aromatic carbocycles. The van der Waals surface area contributed by atoms with Gasteiger partial charge in [0.1, 0.15) is 6.04 Å². The van der Waals surface area contributed by atoms with Gasteiger partial charge < -0.3 is 5.11 Å². The van der Waals surface area contributed by atoms with Gasteiger partial charge in [-0.3, -0.25) is 9.69 Å². The molecule has 0 spiro atoms. The molecule has 1 fully saturated rings. The highest BCUT2D eigenvalue weighted by Gasteiger charge is 2.33. The maximum absolute atomic E-state index is 10.6. The van der Waals surface area contributed by atoms with E-state index in [9.17, 15) is 4.79 Å². The lowest BCUT2D eigenvalue weighted by Gasteiger charge is -2.27. The fourth-order valence-corrected chi connectivity index (χ4v) is 1.44. The zero-order valence-corrected chi connectivity index (χ0v) is 7.95. The maximum Gasteiger partial charge on any atom is 0.320 e. The number of carboxylic acid groups (broad SMARTS) is 1. The normalized spacial score (nSPS) is 22.3. The van der Waals surface area contributed by atoms with Crippen LogP contribution in [0, 0.1) is 5.92 Å². The second kappa shape index (κ2) is 3.44. The predicted molar refractivity (Wildman–Crippen MR) is 47.0 cm³/mol. The summed E-state index contributed by atoms with van der Waals surface area (Å²) in [5.74, 6) is 0.00167. The molecule has 2 atom stereocenters. The second-order valence-corrected chi connectivity index (χ2v) is 3.76. The van der Waals surface area contributed by atoms with Crippen molar-refractivity contribution >= 4 is 5.97 Å². The summed E-state index contributed by atoms with van der Waals surface area (Å²) in [6.07, 6.45) is 2.52. The Morgan fingerprint density at radius 2 is 2.00 bits per heavy atom. The van der Waals surface area contributed by atoms with E-state index < -0.39 is 5.97 Å². The summed E-state index contributed by atoms with van der Waals surface area (Å²) in [6, 6.07) is 0.0525. The molecule has 0 aliphatic heterocycles. The van der Waals surface area contributed by atoms with Gasteiger partial charge in [0.15, 0.2) is 0 Å². The lowest BCUT2D eigenvalue weighted by molar-refractivity contribution is -0.142. The van der Waals surface area contributed by atoms with Crippen molar-refractivity contribution in [3.05, 3.63) is 0 Å². The molecule has 0 bridgehead atoms. The first kappa shape index (κ1) is 9.52. The summed E-state index contributed by atoms with van der Waals surface area (Å²) in [5.41, 5.74) is 0. The van der Waals surface area contributed by atoms with E-state index in [4.69, 9.17) is 5.11 Å². The number of rotatable bonds is 4. The maximum atomic E-state index is 10.6. The summed E-state index contributed by atoms with van der Waals surface area (Å²) in [4.78, 5) is 12.6. The molecule has 0 saturated heterocycles. The Bertz CT molecular complexity index is 177. The average molecular weight is 171 g/mol. The molecule has 3 heteroatoms. The molecule has 1 aliphatic carbocycles. The Hall–Kier alpha value is -0.570. The lowest BCUT2D eigenvalue weighted by Crippen LogP contribution is -2.42. The van der Waals surface area contributed by atoms with Crippen molar-refractivity contribution in [1.29, 1.82) is 0 Å². The van der Waals surface area contributed by atoms with Crippen molar-refractivity contribution in [2.24, 2.45) is 5.92 Å². The molecule has 1 aliphatic rings. The topological polar surface area (TPSA) is 40.5 Å². The van der Waals surface area contributed by atoms with Crippen LogP contribution in [0.1, 0.15) is 26.7 Å². The SMILES string of the molecule is CC(C(=O)O)N(C)C(C)C1CC1. The van der Waals surface area contributed by atoms with Gasteiger partial charge in [-0.05, 0) is 39.7 Å². The Kier molecular flexibility index (Phi) is 2.73. The Morgan fingerprint density at radius 3 is 2.33 bits per heavy atom. The Labute approximate surface area is 73.4 Å². The zero-order chi connectivity index (χ0) is 9.30. The quantitative estimate of drug-likeness (QED) is 0.690. The number of carboxylic acids is 1. The van der Waals surface area contributed by atoms with Gasteiger partial charge in [-0.2, -0.15) is 0 Å². The molecule has 0 radical (unpaired) electrons. The van der Waals surface area contributed by atoms with Crippen LogP contribution in [-0.2, 0) is 4.79 Å². The molecule has 0 amide bonds. The van der Waals surface area contributed by atoms with Crippen LogP contribution in [0.4, 0.5) is 0 Å². The first-order chi connectivity index (χ1) is 5.54. The number of nitrogens with zero attached hydrogens (tertiary/aromatic N) is 1. The molecular formula is C9H17NO2. The number of hydrogen-bond acceptors (Lipinski definition) is 2. The molecular weight excluding hydrogens is 154 g/mol. The van der Waals surface area contributed by atoms with E-state index in [0.717, 1.165) is 5.92 Å². The minimum absolute atomic E-state index is 0.361. The van der Waals surface area contributed by atoms with Gasteiger partial charge in [0.25, 0.3) is 0 Å². The van der Waals surface area contributed by atoms with Crippen LogP contribution in [0.3, 0.4) is 0 Å². The van der Waals surface area contributed by atoms with Gasteiger partial charge in [-0.25, -0.2) is 0 Å². The van der Waals surface area contributed by atoms with Crippen LogP contribution in [0.5, 0.6) is 0 Å². The van der Waals surface area contributed by atoms with Gasteiger partial charge in [-0.15, -0.1) is 0 Å². The van der Waals surface area contributed by atoms with Crippen LogP contribution in [0.15, 0.2) is 0 Å². The minimum Gasteiger partial charge on any atom is -0.480 e. The fourth-order valence-electron chi connectivity index (χ4n) is 1.44. The highest BCUT2D eigenvalue weighted by Crippen LogP contribution is 2.35. The molecule has 12 heavy (non-hydrogen) atoms. The van der Waals surface area contributed by atoms with Gasteiger partial charge >= 0.3 is 5.97 Å². The first-order valence-corrected chi connectivity index (χ1v) is 4.48. The van der Waals surface area contributed by atoms with Crippen LogP contribution in [0.2, 0.25) is 0 Å². The summed E-state index contributed by atoms with van der Waals surface area (Å²) < 4.78 is 0. The summed E-state index contributed by atoms with van der Waals surface area (Å²) in [6.45, 7) is 3.85. The molecule has 0 aromatic heterocycles. The van der Waals surface area contributed by atoms with Crippen molar-refractivity contribution in [2.75, 3.05) is 7.05 Å². The summed E-state index contributed by atoms with van der Waals surface area (Å²) in [5, 5.41) is 8.76. The first-order valence-electron chi connectivity index (χ1n) is 4.48. The van der Waals surface area contributed by atoms with Gasteiger partial charge in [0, 0.05) is 6.04 Å². The van der Waals surface area contributed by atoms with Crippen molar-refractivity contribution in [2.45, 2.75) is 38.8 Å². The third-order valence-corrected chi connectivity index (χ3v) is 2.91. The molecule has 1 saturated carbocycles. The van der Waals surface area contributed by atoms with Gasteiger partial charge in [0.2, 0.25) is 0 Å². The average Bonchev–Trinajstić information content (AvgIpc) is 2.82. The van der Waals surface area contributed by atoms with Crippen molar-refractivity contribution in [3.63, 3.8) is 0 Å². The van der Waals surface area contributed by atoms with Crippen LogP contribution < -0.4 is 0 Å². The molecule has 1 rings (SSSR count). The zero-order valence-electron chi connectivity index (χ0n) is 7.95. The third-order valence-electron chi connectivity index (χ3n) is 2.91. The number of carbonyl (C=O) groups is 1. The third kappa shape index (κ3) is 1.97. The van der Waals surface area contributed by atoms with Gasteiger partial charge in [-0.1, -0.05) is 0 Å². The standard InChI is InChI=1S/C9H17NO2/c1-6(8-4-5-8)10(3)7(2)9(11)12/h6-8H,4-5H2,1-3H3,(H,11,12). The predicted octanol–water partition coefficient (Wildman–Crippen LogP) is 1.19. The molecule has 0 aromatic rings. The smallest absolute Gasteiger partial charge is 0.320 e. The van der Waals surface area contributed by atoms with Crippen LogP contribution >= 0.6 is 0 Å². The molecule has 0 heterocycles. The van der Waals surface area contributed by atoms with Gasteiger partial charge in [0.05, 0.1) is 0 Å².